The molecule has 0 saturated heterocycles. The van der Waals surface area contributed by atoms with Crippen molar-refractivity contribution in [3.63, 3.8) is 0 Å². The Morgan fingerprint density at radius 2 is 2.19 bits per heavy atom. The molecule has 0 aliphatic carbocycles. The van der Waals surface area contributed by atoms with Crippen molar-refractivity contribution in [1.29, 1.82) is 0 Å². The van der Waals surface area contributed by atoms with Crippen molar-refractivity contribution in [2.45, 2.75) is 33.1 Å². The van der Waals surface area contributed by atoms with E-state index in [-0.39, 0.29) is 11.2 Å². The SMILES string of the molecule is CCOc1ncccc1NC(=O)c1n[nH]c(C(C)(C)C)n1. The highest BCUT2D eigenvalue weighted by Gasteiger charge is 2.21. The fourth-order valence-corrected chi connectivity index (χ4v) is 1.61. The number of ether oxygens (including phenoxy) is 1. The molecule has 112 valence electrons. The Hall–Kier alpha value is -2.44. The third-order valence-corrected chi connectivity index (χ3v) is 2.70. The summed E-state index contributed by atoms with van der Waals surface area (Å²) in [4.78, 5) is 20.5. The van der Waals surface area contributed by atoms with Gasteiger partial charge in [0, 0.05) is 11.6 Å². The molecule has 0 saturated carbocycles. The van der Waals surface area contributed by atoms with Gasteiger partial charge in [-0.1, -0.05) is 20.8 Å². The minimum atomic E-state index is -0.407. The lowest BCUT2D eigenvalue weighted by molar-refractivity contribution is 0.101. The van der Waals surface area contributed by atoms with Crippen LogP contribution in [0, 0.1) is 0 Å². The average Bonchev–Trinajstić information content (AvgIpc) is 2.91. The van der Waals surface area contributed by atoms with Gasteiger partial charge in [-0.05, 0) is 19.1 Å². The minimum absolute atomic E-state index is 0.0891. The molecule has 0 aliphatic rings. The highest BCUT2D eigenvalue weighted by Crippen LogP contribution is 2.21. The summed E-state index contributed by atoms with van der Waals surface area (Å²) in [6.45, 7) is 8.29. The number of anilines is 1. The molecule has 2 rings (SSSR count). The molecule has 7 nitrogen and oxygen atoms in total. The number of aromatic nitrogens is 4. The van der Waals surface area contributed by atoms with Gasteiger partial charge >= 0.3 is 0 Å². The second-order valence-corrected chi connectivity index (χ2v) is 5.50. The number of amides is 1. The van der Waals surface area contributed by atoms with E-state index in [0.29, 0.717) is 24.0 Å². The van der Waals surface area contributed by atoms with E-state index in [2.05, 4.69) is 25.5 Å². The minimum Gasteiger partial charge on any atom is -0.476 e. The molecule has 0 unspecified atom stereocenters. The van der Waals surface area contributed by atoms with Gasteiger partial charge in [-0.3, -0.25) is 9.89 Å². The van der Waals surface area contributed by atoms with Crippen molar-refractivity contribution in [1.82, 2.24) is 20.2 Å². The summed E-state index contributed by atoms with van der Waals surface area (Å²) in [7, 11) is 0. The first-order valence-electron chi connectivity index (χ1n) is 6.74. The Morgan fingerprint density at radius 3 is 2.81 bits per heavy atom. The number of nitrogens with zero attached hydrogens (tertiary/aromatic N) is 3. The topological polar surface area (TPSA) is 92.8 Å². The number of hydrogen-bond acceptors (Lipinski definition) is 5. The van der Waals surface area contributed by atoms with E-state index in [0.717, 1.165) is 0 Å². The van der Waals surface area contributed by atoms with Crippen LogP contribution in [-0.4, -0.2) is 32.7 Å². The van der Waals surface area contributed by atoms with Crippen LogP contribution >= 0.6 is 0 Å². The van der Waals surface area contributed by atoms with Gasteiger partial charge in [0.1, 0.15) is 11.5 Å². The van der Waals surface area contributed by atoms with Crippen LogP contribution in [-0.2, 0) is 5.41 Å². The second-order valence-electron chi connectivity index (χ2n) is 5.50. The predicted molar refractivity (Wildman–Crippen MR) is 78.4 cm³/mol. The zero-order valence-electron chi connectivity index (χ0n) is 12.6. The molecule has 0 spiro atoms. The molecule has 2 heterocycles. The van der Waals surface area contributed by atoms with Crippen LogP contribution in [0.15, 0.2) is 18.3 Å². The third kappa shape index (κ3) is 3.56. The Morgan fingerprint density at radius 1 is 1.43 bits per heavy atom. The monoisotopic (exact) mass is 289 g/mol. The van der Waals surface area contributed by atoms with Gasteiger partial charge in [-0.15, -0.1) is 5.10 Å². The Labute approximate surface area is 123 Å². The smallest absolute Gasteiger partial charge is 0.295 e. The summed E-state index contributed by atoms with van der Waals surface area (Å²) in [5.74, 6) is 0.714. The number of aromatic amines is 1. The quantitative estimate of drug-likeness (QED) is 0.899. The summed E-state index contributed by atoms with van der Waals surface area (Å²) in [6.07, 6.45) is 1.60. The number of nitrogens with one attached hydrogen (secondary N) is 2. The lowest BCUT2D eigenvalue weighted by Gasteiger charge is -2.12. The Bertz CT molecular complexity index is 630. The molecule has 0 radical (unpaired) electrons. The van der Waals surface area contributed by atoms with Crippen molar-refractivity contribution >= 4 is 11.6 Å². The van der Waals surface area contributed by atoms with Crippen molar-refractivity contribution in [3.8, 4) is 5.88 Å². The maximum Gasteiger partial charge on any atom is 0.295 e. The first-order chi connectivity index (χ1) is 9.91. The summed E-state index contributed by atoms with van der Waals surface area (Å²) in [6, 6.07) is 3.43. The summed E-state index contributed by atoms with van der Waals surface area (Å²) in [5, 5.41) is 9.43. The molecule has 0 aliphatic heterocycles. The van der Waals surface area contributed by atoms with Gasteiger partial charge in [0.05, 0.1) is 6.61 Å². The fraction of sp³-hybridized carbons (Fsp3) is 0.429. The van der Waals surface area contributed by atoms with Crippen molar-refractivity contribution in [3.05, 3.63) is 30.0 Å². The molecule has 2 aromatic heterocycles. The molecule has 1 amide bonds. The average molecular weight is 289 g/mol. The zero-order valence-corrected chi connectivity index (χ0v) is 12.6. The maximum atomic E-state index is 12.2. The zero-order chi connectivity index (χ0) is 15.5. The van der Waals surface area contributed by atoms with Crippen LogP contribution in [0.4, 0.5) is 5.69 Å². The summed E-state index contributed by atoms with van der Waals surface area (Å²) in [5.41, 5.74) is 0.294. The summed E-state index contributed by atoms with van der Waals surface area (Å²) < 4.78 is 5.36. The molecule has 0 aromatic carbocycles. The van der Waals surface area contributed by atoms with E-state index < -0.39 is 5.91 Å². The second kappa shape index (κ2) is 5.90. The van der Waals surface area contributed by atoms with E-state index in [1.165, 1.54) is 0 Å². The molecule has 0 bridgehead atoms. The number of carbonyl (C=O) groups excluding carboxylic acids is 1. The van der Waals surface area contributed by atoms with E-state index in [4.69, 9.17) is 4.74 Å². The molecule has 21 heavy (non-hydrogen) atoms. The molecule has 0 atom stereocenters. The predicted octanol–water partition coefficient (Wildman–Crippen LogP) is 2.15. The lowest BCUT2D eigenvalue weighted by Crippen LogP contribution is -2.16. The van der Waals surface area contributed by atoms with Gasteiger partial charge in [-0.25, -0.2) is 9.97 Å². The van der Waals surface area contributed by atoms with Crippen LogP contribution in [0.1, 0.15) is 44.1 Å². The Kier molecular flexibility index (Phi) is 4.21. The third-order valence-electron chi connectivity index (χ3n) is 2.70. The fourth-order valence-electron chi connectivity index (χ4n) is 1.61. The number of carbonyl (C=O) groups is 1. The lowest BCUT2D eigenvalue weighted by atomic mass is 9.96. The number of pyridine rings is 1. The van der Waals surface area contributed by atoms with E-state index in [1.54, 1.807) is 18.3 Å². The molecule has 2 N–H and O–H groups in total. The highest BCUT2D eigenvalue weighted by atomic mass is 16.5. The standard InChI is InChI=1S/C14H19N5O2/c1-5-21-12-9(7-6-8-15-12)16-11(20)10-17-13(19-18-10)14(2,3)4/h6-8H,5H2,1-4H3,(H,16,20)(H,17,18,19). The van der Waals surface area contributed by atoms with Crippen LogP contribution < -0.4 is 10.1 Å². The normalized spacial score (nSPS) is 11.2. The van der Waals surface area contributed by atoms with Crippen molar-refractivity contribution in [2.75, 3.05) is 11.9 Å². The molecule has 0 fully saturated rings. The van der Waals surface area contributed by atoms with Crippen LogP contribution in [0.2, 0.25) is 0 Å². The van der Waals surface area contributed by atoms with Crippen LogP contribution in [0.25, 0.3) is 0 Å². The van der Waals surface area contributed by atoms with Crippen LogP contribution in [0.3, 0.4) is 0 Å². The first kappa shape index (κ1) is 15.0. The van der Waals surface area contributed by atoms with Gasteiger partial charge in [0.2, 0.25) is 11.7 Å². The number of H-pyrrole nitrogens is 1. The molecule has 2 aromatic rings. The number of rotatable bonds is 4. The Balaban J connectivity index is 2.17. The van der Waals surface area contributed by atoms with Gasteiger partial charge in [0.15, 0.2) is 0 Å². The van der Waals surface area contributed by atoms with Gasteiger partial charge in [-0.2, -0.15) is 0 Å². The maximum absolute atomic E-state index is 12.2. The number of hydrogen-bond donors (Lipinski definition) is 2. The van der Waals surface area contributed by atoms with Crippen molar-refractivity contribution in [2.24, 2.45) is 0 Å². The van der Waals surface area contributed by atoms with E-state index in [9.17, 15) is 4.79 Å². The van der Waals surface area contributed by atoms with E-state index >= 15 is 0 Å². The first-order valence-corrected chi connectivity index (χ1v) is 6.74. The largest absolute Gasteiger partial charge is 0.476 e. The van der Waals surface area contributed by atoms with Gasteiger partial charge < -0.3 is 10.1 Å². The molecular weight excluding hydrogens is 270 g/mol. The van der Waals surface area contributed by atoms with Crippen molar-refractivity contribution < 1.29 is 9.53 Å². The summed E-state index contributed by atoms with van der Waals surface area (Å²) >= 11 is 0. The molecular formula is C14H19N5O2. The highest BCUT2D eigenvalue weighted by molar-refractivity contribution is 6.02. The van der Waals surface area contributed by atoms with E-state index in [1.807, 2.05) is 27.7 Å². The van der Waals surface area contributed by atoms with Crippen LogP contribution in [0.5, 0.6) is 5.88 Å². The molecule has 7 heteroatoms. The van der Waals surface area contributed by atoms with Gasteiger partial charge in [0.25, 0.3) is 5.91 Å².